The molecule has 0 aliphatic carbocycles. The minimum atomic E-state index is 0. The molecule has 0 saturated carbocycles. The van der Waals surface area contributed by atoms with Gasteiger partial charge in [-0.1, -0.05) is 0 Å². The van der Waals surface area contributed by atoms with Crippen molar-refractivity contribution in [2.24, 2.45) is 4.99 Å². The highest BCUT2D eigenvalue weighted by atomic mass is 127. The number of guanidine groups is 1. The molecule has 2 unspecified atom stereocenters. The Morgan fingerprint density at radius 3 is 2.44 bits per heavy atom. The minimum absolute atomic E-state index is 0. The Balaban J connectivity index is 0.00000363. The lowest BCUT2D eigenvalue weighted by molar-refractivity contribution is 0.119. The molecule has 1 aromatic rings. The van der Waals surface area contributed by atoms with Crippen molar-refractivity contribution in [3.05, 3.63) is 23.8 Å². The fourth-order valence-corrected chi connectivity index (χ4v) is 4.32. The molecule has 8 nitrogen and oxygen atoms in total. The van der Waals surface area contributed by atoms with E-state index in [0.717, 1.165) is 76.2 Å². The van der Waals surface area contributed by atoms with Gasteiger partial charge in [0.25, 0.3) is 0 Å². The van der Waals surface area contributed by atoms with Gasteiger partial charge in [0.15, 0.2) is 5.96 Å². The van der Waals surface area contributed by atoms with E-state index in [1.807, 2.05) is 6.07 Å². The van der Waals surface area contributed by atoms with E-state index in [-0.39, 0.29) is 24.0 Å². The molecular weight excluding hydrogens is 519 g/mol. The quantitative estimate of drug-likeness (QED) is 0.285. The predicted molar refractivity (Wildman–Crippen MR) is 142 cm³/mol. The second-order valence-electron chi connectivity index (χ2n) is 8.70. The second kappa shape index (κ2) is 13.4. The lowest BCUT2D eigenvalue weighted by atomic mass is 10.2. The number of hydrogen-bond acceptors (Lipinski definition) is 6. The standard InChI is InChI=1S/C23H40N6O2.HI/c1-6-24-23(25-14-20-17-27(2)9-10-28(20)3)26-19-7-8-29(16-19)15-18-11-21(30-4)13-22(12-18)31-5;/h11-13,19-20H,6-10,14-17H2,1-5H3,(H2,24,25,26);1H. The van der Waals surface area contributed by atoms with E-state index >= 15 is 0 Å². The number of aliphatic imine (C=N–C) groups is 1. The minimum Gasteiger partial charge on any atom is -0.497 e. The molecule has 1 aromatic carbocycles. The number of nitrogens with one attached hydrogen (secondary N) is 2. The largest absolute Gasteiger partial charge is 0.497 e. The summed E-state index contributed by atoms with van der Waals surface area (Å²) < 4.78 is 10.8. The van der Waals surface area contributed by atoms with Gasteiger partial charge >= 0.3 is 0 Å². The molecule has 2 atom stereocenters. The summed E-state index contributed by atoms with van der Waals surface area (Å²) in [5.41, 5.74) is 1.21. The molecule has 0 aromatic heterocycles. The fourth-order valence-electron chi connectivity index (χ4n) is 4.32. The zero-order chi connectivity index (χ0) is 22.2. The first-order valence-corrected chi connectivity index (χ1v) is 11.4. The molecule has 0 radical (unpaired) electrons. The summed E-state index contributed by atoms with van der Waals surface area (Å²) in [6.45, 7) is 10.1. The maximum atomic E-state index is 5.41. The Labute approximate surface area is 210 Å². The molecule has 0 spiro atoms. The van der Waals surface area contributed by atoms with Gasteiger partial charge in [0.1, 0.15) is 11.5 Å². The third-order valence-electron chi connectivity index (χ3n) is 6.22. The van der Waals surface area contributed by atoms with Crippen LogP contribution < -0.4 is 20.1 Å². The molecule has 2 saturated heterocycles. The molecule has 0 amide bonds. The van der Waals surface area contributed by atoms with E-state index < -0.39 is 0 Å². The summed E-state index contributed by atoms with van der Waals surface area (Å²) in [7, 11) is 7.78. The van der Waals surface area contributed by atoms with E-state index in [9.17, 15) is 0 Å². The van der Waals surface area contributed by atoms with Crippen molar-refractivity contribution in [3.63, 3.8) is 0 Å². The summed E-state index contributed by atoms with van der Waals surface area (Å²) in [5, 5.41) is 7.08. The fraction of sp³-hybridized carbons (Fsp3) is 0.696. The smallest absolute Gasteiger partial charge is 0.191 e. The molecule has 2 aliphatic rings. The normalized spacial score (nSPS) is 23.0. The maximum Gasteiger partial charge on any atom is 0.191 e. The van der Waals surface area contributed by atoms with Gasteiger partial charge in [-0.3, -0.25) is 14.8 Å². The van der Waals surface area contributed by atoms with Crippen LogP contribution in [0.3, 0.4) is 0 Å². The van der Waals surface area contributed by atoms with Gasteiger partial charge in [0, 0.05) is 64.0 Å². The molecule has 2 fully saturated rings. The number of nitrogens with zero attached hydrogens (tertiary/aromatic N) is 4. The van der Waals surface area contributed by atoms with Crippen molar-refractivity contribution in [2.45, 2.75) is 32.0 Å². The number of methoxy groups -OCH3 is 2. The molecular formula is C23H41IN6O2. The highest BCUT2D eigenvalue weighted by Crippen LogP contribution is 2.24. The Bertz CT molecular complexity index is 712. The number of rotatable bonds is 8. The summed E-state index contributed by atoms with van der Waals surface area (Å²) in [4.78, 5) is 12.2. The Morgan fingerprint density at radius 2 is 1.78 bits per heavy atom. The van der Waals surface area contributed by atoms with Crippen LogP contribution in [0, 0.1) is 0 Å². The van der Waals surface area contributed by atoms with Crippen LogP contribution in [0.5, 0.6) is 11.5 Å². The molecule has 0 bridgehead atoms. The van der Waals surface area contributed by atoms with Crippen molar-refractivity contribution in [3.8, 4) is 11.5 Å². The first-order valence-electron chi connectivity index (χ1n) is 11.4. The number of likely N-dealkylation sites (N-methyl/N-ethyl adjacent to an activating group) is 2. The number of ether oxygens (including phenoxy) is 2. The first-order chi connectivity index (χ1) is 15.0. The van der Waals surface area contributed by atoms with E-state index in [1.54, 1.807) is 14.2 Å². The lowest BCUT2D eigenvalue weighted by Gasteiger charge is -2.37. The van der Waals surface area contributed by atoms with Crippen LogP contribution in [0.2, 0.25) is 0 Å². The number of likely N-dealkylation sites (tertiary alicyclic amines) is 1. The van der Waals surface area contributed by atoms with Gasteiger partial charge < -0.3 is 25.0 Å². The van der Waals surface area contributed by atoms with Crippen LogP contribution in [0.15, 0.2) is 23.2 Å². The van der Waals surface area contributed by atoms with Gasteiger partial charge in [0.05, 0.1) is 20.8 Å². The average molecular weight is 561 g/mol. The van der Waals surface area contributed by atoms with Crippen molar-refractivity contribution >= 4 is 29.9 Å². The molecule has 32 heavy (non-hydrogen) atoms. The molecule has 9 heteroatoms. The highest BCUT2D eigenvalue weighted by molar-refractivity contribution is 14.0. The van der Waals surface area contributed by atoms with E-state index in [0.29, 0.717) is 12.1 Å². The van der Waals surface area contributed by atoms with Gasteiger partial charge in [-0.15, -0.1) is 24.0 Å². The Hall–Kier alpha value is -1.30. The summed E-state index contributed by atoms with van der Waals surface area (Å²) in [6, 6.07) is 6.96. The van der Waals surface area contributed by atoms with Gasteiger partial charge in [-0.05, 0) is 45.1 Å². The van der Waals surface area contributed by atoms with E-state index in [4.69, 9.17) is 14.5 Å². The van der Waals surface area contributed by atoms with Crippen molar-refractivity contribution in [1.82, 2.24) is 25.3 Å². The SMILES string of the molecule is CCNC(=NCC1CN(C)CCN1C)NC1CCN(Cc2cc(OC)cc(OC)c2)C1.I. The lowest BCUT2D eigenvalue weighted by Crippen LogP contribution is -2.52. The van der Waals surface area contributed by atoms with E-state index in [1.165, 1.54) is 5.56 Å². The number of hydrogen-bond donors (Lipinski definition) is 2. The molecule has 2 heterocycles. The van der Waals surface area contributed by atoms with E-state index in [2.05, 4.69) is 58.5 Å². The van der Waals surface area contributed by atoms with Crippen molar-refractivity contribution in [2.75, 3.05) is 74.1 Å². The summed E-state index contributed by atoms with van der Waals surface area (Å²) >= 11 is 0. The van der Waals surface area contributed by atoms with Crippen LogP contribution in [0.25, 0.3) is 0 Å². The number of benzene rings is 1. The number of piperazine rings is 1. The third kappa shape index (κ3) is 7.93. The maximum absolute atomic E-state index is 5.41. The van der Waals surface area contributed by atoms with Crippen LogP contribution in [-0.4, -0.2) is 107 Å². The number of halogens is 1. The van der Waals surface area contributed by atoms with Crippen molar-refractivity contribution in [1.29, 1.82) is 0 Å². The highest BCUT2D eigenvalue weighted by Gasteiger charge is 2.25. The topological polar surface area (TPSA) is 64.6 Å². The van der Waals surface area contributed by atoms with Crippen LogP contribution >= 0.6 is 24.0 Å². The summed E-state index contributed by atoms with van der Waals surface area (Å²) in [5.74, 6) is 2.60. The molecule has 3 rings (SSSR count). The van der Waals surface area contributed by atoms with Crippen LogP contribution in [0.4, 0.5) is 0 Å². The first kappa shape index (κ1) is 26.9. The molecule has 2 N–H and O–H groups in total. The predicted octanol–water partition coefficient (Wildman–Crippen LogP) is 1.70. The van der Waals surface area contributed by atoms with Crippen LogP contribution in [-0.2, 0) is 6.54 Å². The second-order valence-corrected chi connectivity index (χ2v) is 8.70. The summed E-state index contributed by atoms with van der Waals surface area (Å²) in [6.07, 6.45) is 1.11. The zero-order valence-electron chi connectivity index (χ0n) is 20.3. The van der Waals surface area contributed by atoms with Gasteiger partial charge in [-0.2, -0.15) is 0 Å². The Kier molecular flexibility index (Phi) is 11.3. The molecule has 2 aliphatic heterocycles. The third-order valence-corrected chi connectivity index (χ3v) is 6.22. The monoisotopic (exact) mass is 560 g/mol. The average Bonchev–Trinajstić information content (AvgIpc) is 3.20. The van der Waals surface area contributed by atoms with Gasteiger partial charge in [0.2, 0.25) is 0 Å². The van der Waals surface area contributed by atoms with Gasteiger partial charge in [-0.25, -0.2) is 0 Å². The molecule has 182 valence electrons. The van der Waals surface area contributed by atoms with Crippen LogP contribution in [0.1, 0.15) is 18.9 Å². The van der Waals surface area contributed by atoms with Crippen molar-refractivity contribution < 1.29 is 9.47 Å². The zero-order valence-corrected chi connectivity index (χ0v) is 22.6. The Morgan fingerprint density at radius 1 is 1.06 bits per heavy atom.